The van der Waals surface area contributed by atoms with Crippen molar-refractivity contribution < 1.29 is 4.79 Å². The lowest BCUT2D eigenvalue weighted by molar-refractivity contribution is -0.122. The maximum atomic E-state index is 11.7. The fourth-order valence-electron chi connectivity index (χ4n) is 1.86. The Balaban J connectivity index is 2.14. The van der Waals surface area contributed by atoms with Crippen LogP contribution in [0.1, 0.15) is 33.6 Å². The van der Waals surface area contributed by atoms with E-state index in [1.54, 1.807) is 0 Å². The van der Waals surface area contributed by atoms with E-state index in [0.717, 1.165) is 19.0 Å². The normalized spacial score (nSPS) is 22.5. The summed E-state index contributed by atoms with van der Waals surface area (Å²) in [5, 5.41) is 6.31. The molecule has 2 atom stereocenters. The van der Waals surface area contributed by atoms with E-state index in [0.29, 0.717) is 5.92 Å². The van der Waals surface area contributed by atoms with Crippen LogP contribution in [0.25, 0.3) is 0 Å². The van der Waals surface area contributed by atoms with Crippen LogP contribution in [0.5, 0.6) is 0 Å². The van der Waals surface area contributed by atoms with Crippen LogP contribution in [0.2, 0.25) is 0 Å². The van der Waals surface area contributed by atoms with Crippen LogP contribution in [0.15, 0.2) is 0 Å². The second kappa shape index (κ2) is 7.98. The first kappa shape index (κ1) is 14.8. The minimum Gasteiger partial charge on any atom is -0.354 e. The molecule has 1 saturated heterocycles. The van der Waals surface area contributed by atoms with Crippen LogP contribution in [0, 0.1) is 11.8 Å². The number of nitrogens with one attached hydrogen (secondary N) is 2. The van der Waals surface area contributed by atoms with E-state index in [1.165, 1.54) is 24.3 Å². The van der Waals surface area contributed by atoms with Gasteiger partial charge in [-0.05, 0) is 49.7 Å². The quantitative estimate of drug-likeness (QED) is 0.764. The first-order valence-electron chi connectivity index (χ1n) is 6.68. The van der Waals surface area contributed by atoms with E-state index >= 15 is 0 Å². The summed E-state index contributed by atoms with van der Waals surface area (Å²) < 4.78 is 0. The van der Waals surface area contributed by atoms with Gasteiger partial charge >= 0.3 is 0 Å². The Labute approximate surface area is 109 Å². The third-order valence-electron chi connectivity index (χ3n) is 3.05. The highest BCUT2D eigenvalue weighted by Crippen LogP contribution is 2.21. The number of hydrogen-bond donors (Lipinski definition) is 2. The molecule has 1 heterocycles. The lowest BCUT2D eigenvalue weighted by Gasteiger charge is -2.23. The van der Waals surface area contributed by atoms with E-state index in [9.17, 15) is 4.79 Å². The smallest absolute Gasteiger partial charge is 0.236 e. The molecule has 0 saturated carbocycles. The molecular formula is C13H26N2OS. The molecule has 1 fully saturated rings. The molecule has 0 radical (unpaired) electrons. The molecule has 0 bridgehead atoms. The van der Waals surface area contributed by atoms with Gasteiger partial charge in [0.2, 0.25) is 5.91 Å². The molecule has 1 amide bonds. The molecule has 1 aliphatic rings. The molecule has 1 rings (SSSR count). The standard InChI is InChI=1S/C13H26N2OS/c1-10(2)7-15-13(16)11(3)14-8-12-5-4-6-17-9-12/h10-12,14H,4-9H2,1-3H3,(H,15,16). The summed E-state index contributed by atoms with van der Waals surface area (Å²) in [4.78, 5) is 11.7. The zero-order valence-electron chi connectivity index (χ0n) is 11.3. The molecule has 2 unspecified atom stereocenters. The van der Waals surface area contributed by atoms with Gasteiger partial charge < -0.3 is 10.6 Å². The molecular weight excluding hydrogens is 232 g/mol. The molecule has 4 heteroatoms. The highest BCUT2D eigenvalue weighted by Gasteiger charge is 2.17. The summed E-state index contributed by atoms with van der Waals surface area (Å²) in [6, 6.07) is -0.0688. The second-order valence-corrected chi connectivity index (χ2v) is 6.50. The second-order valence-electron chi connectivity index (χ2n) is 5.35. The van der Waals surface area contributed by atoms with Gasteiger partial charge in [-0.3, -0.25) is 4.79 Å². The van der Waals surface area contributed by atoms with Crippen molar-refractivity contribution >= 4 is 17.7 Å². The predicted octanol–water partition coefficient (Wildman–Crippen LogP) is 1.88. The third-order valence-corrected chi connectivity index (χ3v) is 4.33. The Morgan fingerprint density at radius 3 is 2.76 bits per heavy atom. The van der Waals surface area contributed by atoms with Gasteiger partial charge in [-0.25, -0.2) is 0 Å². The van der Waals surface area contributed by atoms with Gasteiger partial charge in [-0.1, -0.05) is 13.8 Å². The Morgan fingerprint density at radius 1 is 1.41 bits per heavy atom. The highest BCUT2D eigenvalue weighted by molar-refractivity contribution is 7.99. The van der Waals surface area contributed by atoms with Crippen LogP contribution in [0.4, 0.5) is 0 Å². The SMILES string of the molecule is CC(C)CNC(=O)C(C)NCC1CCCSC1. The number of thioether (sulfide) groups is 1. The number of amides is 1. The number of hydrogen-bond acceptors (Lipinski definition) is 3. The Bertz CT molecular complexity index is 227. The predicted molar refractivity (Wildman–Crippen MR) is 75.4 cm³/mol. The summed E-state index contributed by atoms with van der Waals surface area (Å²) in [6.45, 7) is 7.91. The van der Waals surface area contributed by atoms with E-state index < -0.39 is 0 Å². The number of carbonyl (C=O) groups excluding carboxylic acids is 1. The van der Waals surface area contributed by atoms with Crippen molar-refractivity contribution in [2.24, 2.45) is 11.8 Å². The van der Waals surface area contributed by atoms with Gasteiger partial charge in [0.25, 0.3) is 0 Å². The van der Waals surface area contributed by atoms with E-state index in [4.69, 9.17) is 0 Å². The van der Waals surface area contributed by atoms with Crippen molar-refractivity contribution in [3.63, 3.8) is 0 Å². The van der Waals surface area contributed by atoms with E-state index in [-0.39, 0.29) is 11.9 Å². The van der Waals surface area contributed by atoms with Crippen molar-refractivity contribution in [1.82, 2.24) is 10.6 Å². The first-order chi connectivity index (χ1) is 8.09. The fourth-order valence-corrected chi connectivity index (χ4v) is 3.02. The van der Waals surface area contributed by atoms with Gasteiger partial charge in [-0.15, -0.1) is 0 Å². The third kappa shape index (κ3) is 6.32. The van der Waals surface area contributed by atoms with Crippen LogP contribution < -0.4 is 10.6 Å². The molecule has 0 aliphatic carbocycles. The monoisotopic (exact) mass is 258 g/mol. The van der Waals surface area contributed by atoms with Crippen molar-refractivity contribution in [2.75, 3.05) is 24.6 Å². The Kier molecular flexibility index (Phi) is 6.97. The average molecular weight is 258 g/mol. The number of carbonyl (C=O) groups is 1. The van der Waals surface area contributed by atoms with Gasteiger partial charge in [0.05, 0.1) is 6.04 Å². The molecule has 0 aromatic carbocycles. The van der Waals surface area contributed by atoms with Crippen molar-refractivity contribution in [3.8, 4) is 0 Å². The Morgan fingerprint density at radius 2 is 2.18 bits per heavy atom. The fraction of sp³-hybridized carbons (Fsp3) is 0.923. The summed E-state index contributed by atoms with van der Waals surface area (Å²) >= 11 is 2.04. The zero-order valence-corrected chi connectivity index (χ0v) is 12.1. The van der Waals surface area contributed by atoms with Gasteiger partial charge in [0.1, 0.15) is 0 Å². The lowest BCUT2D eigenvalue weighted by atomic mass is 10.1. The first-order valence-corrected chi connectivity index (χ1v) is 7.84. The largest absolute Gasteiger partial charge is 0.354 e. The Hall–Kier alpha value is -0.220. The number of rotatable bonds is 6. The van der Waals surface area contributed by atoms with Crippen LogP contribution >= 0.6 is 11.8 Å². The van der Waals surface area contributed by atoms with Gasteiger partial charge in [0.15, 0.2) is 0 Å². The topological polar surface area (TPSA) is 41.1 Å². The van der Waals surface area contributed by atoms with E-state index in [2.05, 4.69) is 24.5 Å². The summed E-state index contributed by atoms with van der Waals surface area (Å²) in [6.07, 6.45) is 2.63. The van der Waals surface area contributed by atoms with Crippen molar-refractivity contribution in [1.29, 1.82) is 0 Å². The molecule has 100 valence electrons. The molecule has 2 N–H and O–H groups in total. The molecule has 0 aromatic rings. The summed E-state index contributed by atoms with van der Waals surface area (Å²) in [7, 11) is 0. The molecule has 17 heavy (non-hydrogen) atoms. The van der Waals surface area contributed by atoms with Crippen molar-refractivity contribution in [2.45, 2.75) is 39.7 Å². The van der Waals surface area contributed by atoms with Crippen LogP contribution in [-0.4, -0.2) is 36.5 Å². The van der Waals surface area contributed by atoms with Gasteiger partial charge in [-0.2, -0.15) is 11.8 Å². The lowest BCUT2D eigenvalue weighted by Crippen LogP contribution is -2.45. The summed E-state index contributed by atoms with van der Waals surface area (Å²) in [5.41, 5.74) is 0. The molecule has 0 aromatic heterocycles. The van der Waals surface area contributed by atoms with Gasteiger partial charge in [0, 0.05) is 6.54 Å². The van der Waals surface area contributed by atoms with Crippen molar-refractivity contribution in [3.05, 3.63) is 0 Å². The minimum absolute atomic E-state index is 0.0688. The maximum Gasteiger partial charge on any atom is 0.236 e. The van der Waals surface area contributed by atoms with Crippen LogP contribution in [-0.2, 0) is 4.79 Å². The maximum absolute atomic E-state index is 11.7. The zero-order chi connectivity index (χ0) is 12.7. The van der Waals surface area contributed by atoms with Crippen LogP contribution in [0.3, 0.4) is 0 Å². The molecule has 1 aliphatic heterocycles. The molecule has 3 nitrogen and oxygen atoms in total. The summed E-state index contributed by atoms with van der Waals surface area (Å²) in [5.74, 6) is 3.94. The van der Waals surface area contributed by atoms with E-state index in [1.807, 2.05) is 18.7 Å². The average Bonchev–Trinajstić information content (AvgIpc) is 2.34. The molecule has 0 spiro atoms. The highest BCUT2D eigenvalue weighted by atomic mass is 32.2. The minimum atomic E-state index is -0.0688.